The number of carbonyl (C=O) groups is 1. The van der Waals surface area contributed by atoms with Crippen LogP contribution in [0.2, 0.25) is 0 Å². The van der Waals surface area contributed by atoms with Gasteiger partial charge in [0.05, 0.1) is 13.2 Å². The second-order valence-electron chi connectivity index (χ2n) is 7.01. The van der Waals surface area contributed by atoms with Crippen LogP contribution in [0.5, 0.6) is 5.75 Å². The lowest BCUT2D eigenvalue weighted by Gasteiger charge is -2.33. The van der Waals surface area contributed by atoms with Gasteiger partial charge in [0.1, 0.15) is 0 Å². The van der Waals surface area contributed by atoms with E-state index in [1.165, 1.54) is 13.2 Å². The molecule has 1 rings (SSSR count). The van der Waals surface area contributed by atoms with Gasteiger partial charge in [-0.25, -0.2) is 9.18 Å². The van der Waals surface area contributed by atoms with Gasteiger partial charge in [-0.1, -0.05) is 33.8 Å². The Balaban J connectivity index is 2.39. The second kappa shape index (κ2) is 8.87. The number of carbonyl (C=O) groups excluding carboxylic acids is 1. The van der Waals surface area contributed by atoms with Crippen LogP contribution < -0.4 is 15.4 Å². The summed E-state index contributed by atoms with van der Waals surface area (Å²) in [6, 6.07) is 4.36. The lowest BCUT2D eigenvalue weighted by Crippen LogP contribution is -2.46. The maximum Gasteiger partial charge on any atom is 0.314 e. The van der Waals surface area contributed by atoms with Crippen molar-refractivity contribution in [3.05, 3.63) is 29.6 Å². The van der Waals surface area contributed by atoms with Crippen LogP contribution in [0.1, 0.15) is 33.3 Å². The minimum Gasteiger partial charge on any atom is -0.494 e. The number of aliphatic hydroxyl groups excluding tert-OH is 1. The van der Waals surface area contributed by atoms with E-state index in [1.54, 1.807) is 12.1 Å². The molecule has 0 saturated carbocycles. The number of hydrogen-bond acceptors (Lipinski definition) is 3. The Hall–Kier alpha value is -1.82. The highest BCUT2D eigenvalue weighted by Gasteiger charge is 2.30. The zero-order chi connectivity index (χ0) is 18.3. The average molecular weight is 340 g/mol. The van der Waals surface area contributed by atoms with Gasteiger partial charge >= 0.3 is 6.03 Å². The van der Waals surface area contributed by atoms with Crippen LogP contribution in [0.3, 0.4) is 0 Å². The first-order chi connectivity index (χ1) is 11.2. The number of amides is 2. The number of nitrogens with one attached hydrogen (secondary N) is 2. The van der Waals surface area contributed by atoms with Crippen LogP contribution in [-0.2, 0) is 6.42 Å². The summed E-state index contributed by atoms with van der Waals surface area (Å²) in [7, 11) is 1.42. The third-order valence-corrected chi connectivity index (χ3v) is 4.05. The van der Waals surface area contributed by atoms with Crippen LogP contribution in [0.25, 0.3) is 0 Å². The van der Waals surface area contributed by atoms with Crippen molar-refractivity contribution < 1.29 is 19.0 Å². The highest BCUT2D eigenvalue weighted by molar-refractivity contribution is 5.73. The predicted octanol–water partition coefficient (Wildman–Crippen LogP) is 2.72. The molecule has 0 radical (unpaired) electrons. The van der Waals surface area contributed by atoms with Gasteiger partial charge in [-0.15, -0.1) is 0 Å². The zero-order valence-electron chi connectivity index (χ0n) is 15.1. The summed E-state index contributed by atoms with van der Waals surface area (Å²) in [6.45, 7) is 8.54. The molecule has 5 nitrogen and oxygen atoms in total. The molecule has 3 N–H and O–H groups in total. The van der Waals surface area contributed by atoms with Crippen molar-refractivity contribution in [2.24, 2.45) is 11.3 Å². The van der Waals surface area contributed by atoms with E-state index in [-0.39, 0.29) is 17.7 Å². The highest BCUT2D eigenvalue weighted by Crippen LogP contribution is 2.25. The number of aliphatic hydroxyl groups is 1. The Kier molecular flexibility index (Phi) is 7.48. The highest BCUT2D eigenvalue weighted by atomic mass is 19.1. The maximum absolute atomic E-state index is 13.3. The molecular weight excluding hydrogens is 311 g/mol. The number of rotatable bonds is 8. The summed E-state index contributed by atoms with van der Waals surface area (Å²) >= 11 is 0. The molecule has 0 aliphatic rings. The standard InChI is InChI=1S/C18H29FN2O3/c1-12(2)16(22)18(3,4)11-21-17(23)20-9-8-13-6-7-14(19)15(10-13)24-5/h6-7,10,12,16,22H,8-9,11H2,1-5H3,(H2,20,21,23). The third-order valence-electron chi connectivity index (χ3n) is 4.05. The van der Waals surface area contributed by atoms with Crippen molar-refractivity contribution in [1.82, 2.24) is 10.6 Å². The Morgan fingerprint density at radius 3 is 2.58 bits per heavy atom. The number of benzene rings is 1. The van der Waals surface area contributed by atoms with Crippen LogP contribution in [-0.4, -0.2) is 37.4 Å². The lowest BCUT2D eigenvalue weighted by molar-refractivity contribution is 0.0151. The molecule has 0 aromatic heterocycles. The van der Waals surface area contributed by atoms with E-state index in [9.17, 15) is 14.3 Å². The van der Waals surface area contributed by atoms with Crippen LogP contribution in [0.4, 0.5) is 9.18 Å². The molecule has 0 saturated heterocycles. The zero-order valence-corrected chi connectivity index (χ0v) is 15.1. The minimum atomic E-state index is -0.496. The van der Waals surface area contributed by atoms with Gasteiger partial charge in [-0.3, -0.25) is 0 Å². The van der Waals surface area contributed by atoms with Gasteiger partial charge in [0.15, 0.2) is 11.6 Å². The topological polar surface area (TPSA) is 70.6 Å². The molecule has 0 aliphatic heterocycles. The van der Waals surface area contributed by atoms with Gasteiger partial charge in [0.2, 0.25) is 0 Å². The van der Waals surface area contributed by atoms with E-state index in [0.717, 1.165) is 5.56 Å². The number of hydrogen-bond donors (Lipinski definition) is 3. The Labute approximate surface area is 143 Å². The van der Waals surface area contributed by atoms with E-state index < -0.39 is 17.3 Å². The van der Waals surface area contributed by atoms with Crippen molar-refractivity contribution in [1.29, 1.82) is 0 Å². The summed E-state index contributed by atoms with van der Waals surface area (Å²) in [5.41, 5.74) is 0.472. The fraction of sp³-hybridized carbons (Fsp3) is 0.611. The minimum absolute atomic E-state index is 0.123. The lowest BCUT2D eigenvalue weighted by atomic mass is 9.81. The van der Waals surface area contributed by atoms with Gasteiger partial charge < -0.3 is 20.5 Å². The molecule has 24 heavy (non-hydrogen) atoms. The predicted molar refractivity (Wildman–Crippen MR) is 92.7 cm³/mol. The Morgan fingerprint density at radius 2 is 2.00 bits per heavy atom. The largest absolute Gasteiger partial charge is 0.494 e. The maximum atomic E-state index is 13.3. The summed E-state index contributed by atoms with van der Waals surface area (Å²) in [4.78, 5) is 11.9. The van der Waals surface area contributed by atoms with Gasteiger partial charge in [0.25, 0.3) is 0 Å². The molecule has 0 spiro atoms. The SMILES string of the molecule is COc1cc(CCNC(=O)NCC(C)(C)C(O)C(C)C)ccc1F. The van der Waals surface area contributed by atoms with Crippen LogP contribution >= 0.6 is 0 Å². The summed E-state index contributed by atoms with van der Waals surface area (Å²) in [5.74, 6) is -0.0856. The van der Waals surface area contributed by atoms with E-state index in [2.05, 4.69) is 10.6 Å². The Morgan fingerprint density at radius 1 is 1.33 bits per heavy atom. The Bertz CT molecular complexity index is 547. The first-order valence-electron chi connectivity index (χ1n) is 8.19. The van der Waals surface area contributed by atoms with E-state index in [4.69, 9.17) is 4.74 Å². The van der Waals surface area contributed by atoms with Crippen molar-refractivity contribution in [3.63, 3.8) is 0 Å². The summed E-state index contributed by atoms with van der Waals surface area (Å²) < 4.78 is 18.3. The normalized spacial score (nSPS) is 12.8. The summed E-state index contributed by atoms with van der Waals surface area (Å²) in [5, 5.41) is 15.7. The smallest absolute Gasteiger partial charge is 0.314 e. The molecule has 2 amide bonds. The molecular formula is C18H29FN2O3. The first-order valence-corrected chi connectivity index (χ1v) is 8.19. The molecule has 6 heteroatoms. The van der Waals surface area contributed by atoms with Gasteiger partial charge in [-0.05, 0) is 30.0 Å². The van der Waals surface area contributed by atoms with E-state index in [0.29, 0.717) is 19.5 Å². The number of ether oxygens (including phenoxy) is 1. The van der Waals surface area contributed by atoms with Crippen LogP contribution in [0, 0.1) is 17.2 Å². The van der Waals surface area contributed by atoms with Gasteiger partial charge in [-0.2, -0.15) is 0 Å². The number of urea groups is 1. The fourth-order valence-corrected chi connectivity index (χ4v) is 2.56. The quantitative estimate of drug-likeness (QED) is 0.681. The van der Waals surface area contributed by atoms with E-state index >= 15 is 0 Å². The summed E-state index contributed by atoms with van der Waals surface area (Å²) in [6.07, 6.45) is 0.0756. The molecule has 1 aromatic carbocycles. The van der Waals surface area contributed by atoms with Crippen molar-refractivity contribution in [2.75, 3.05) is 20.2 Å². The second-order valence-corrected chi connectivity index (χ2v) is 7.01. The fourth-order valence-electron chi connectivity index (χ4n) is 2.56. The third kappa shape index (κ3) is 6.00. The molecule has 1 unspecified atom stereocenters. The average Bonchev–Trinajstić information content (AvgIpc) is 2.53. The van der Waals surface area contributed by atoms with Crippen molar-refractivity contribution in [3.8, 4) is 5.75 Å². The van der Waals surface area contributed by atoms with E-state index in [1.807, 2.05) is 27.7 Å². The number of methoxy groups -OCH3 is 1. The molecule has 1 atom stereocenters. The molecule has 0 bridgehead atoms. The monoisotopic (exact) mass is 340 g/mol. The molecule has 0 aliphatic carbocycles. The number of halogens is 1. The van der Waals surface area contributed by atoms with Gasteiger partial charge in [0, 0.05) is 18.5 Å². The molecule has 1 aromatic rings. The first kappa shape index (κ1) is 20.2. The van der Waals surface area contributed by atoms with Crippen molar-refractivity contribution >= 4 is 6.03 Å². The van der Waals surface area contributed by atoms with Crippen molar-refractivity contribution in [2.45, 2.75) is 40.2 Å². The molecule has 0 fully saturated rings. The molecule has 136 valence electrons. The molecule has 0 heterocycles. The van der Waals surface area contributed by atoms with Crippen LogP contribution in [0.15, 0.2) is 18.2 Å².